The van der Waals surface area contributed by atoms with Gasteiger partial charge in [-0.3, -0.25) is 9.59 Å². The van der Waals surface area contributed by atoms with E-state index in [0.717, 1.165) is 34.0 Å². The summed E-state index contributed by atoms with van der Waals surface area (Å²) >= 11 is 0. The van der Waals surface area contributed by atoms with E-state index in [2.05, 4.69) is 15.5 Å². The first-order chi connectivity index (χ1) is 16.1. The van der Waals surface area contributed by atoms with Gasteiger partial charge in [-0.25, -0.2) is 9.36 Å². The molecule has 4 rings (SSSR count). The molecule has 10 heteroatoms. The van der Waals surface area contributed by atoms with Crippen molar-refractivity contribution in [1.82, 2.24) is 19.6 Å². The van der Waals surface area contributed by atoms with Crippen molar-refractivity contribution in [2.75, 3.05) is 5.32 Å². The predicted molar refractivity (Wildman–Crippen MR) is 120 cm³/mol. The number of amides is 1. The second-order valence-corrected chi connectivity index (χ2v) is 7.77. The fourth-order valence-electron chi connectivity index (χ4n) is 3.39. The number of nitrogens with one attached hydrogen (secondary N) is 1. The zero-order valence-electron chi connectivity index (χ0n) is 18.3. The summed E-state index contributed by atoms with van der Waals surface area (Å²) in [6.07, 6.45) is -3.04. The van der Waals surface area contributed by atoms with E-state index in [4.69, 9.17) is 0 Å². The van der Waals surface area contributed by atoms with Crippen LogP contribution in [0.3, 0.4) is 0 Å². The van der Waals surface area contributed by atoms with Crippen molar-refractivity contribution in [2.45, 2.75) is 26.6 Å². The van der Waals surface area contributed by atoms with Crippen LogP contribution >= 0.6 is 0 Å². The van der Waals surface area contributed by atoms with E-state index in [1.54, 1.807) is 10.7 Å². The molecule has 0 aliphatic heterocycles. The Morgan fingerprint density at radius 2 is 1.76 bits per heavy atom. The monoisotopic (exact) mass is 467 g/mol. The van der Waals surface area contributed by atoms with Crippen molar-refractivity contribution < 1.29 is 18.0 Å². The number of aryl methyl sites for hydroxylation is 2. The van der Waals surface area contributed by atoms with E-state index in [9.17, 15) is 22.8 Å². The van der Waals surface area contributed by atoms with Gasteiger partial charge in [0, 0.05) is 17.8 Å². The molecule has 0 bridgehead atoms. The van der Waals surface area contributed by atoms with E-state index in [1.165, 1.54) is 25.3 Å². The van der Waals surface area contributed by atoms with E-state index < -0.39 is 28.8 Å². The molecule has 0 saturated heterocycles. The first-order valence-electron chi connectivity index (χ1n) is 10.3. The summed E-state index contributed by atoms with van der Waals surface area (Å²) in [4.78, 5) is 25.4. The zero-order valence-corrected chi connectivity index (χ0v) is 18.3. The summed E-state index contributed by atoms with van der Waals surface area (Å²) in [7, 11) is 0. The van der Waals surface area contributed by atoms with Crippen LogP contribution in [0.4, 0.5) is 19.0 Å². The summed E-state index contributed by atoms with van der Waals surface area (Å²) in [5, 5.41) is 10.9. The smallest absolute Gasteiger partial charge is 0.305 e. The summed E-state index contributed by atoms with van der Waals surface area (Å²) < 4.78 is 42.1. The zero-order chi connectivity index (χ0) is 24.5. The van der Waals surface area contributed by atoms with E-state index in [-0.39, 0.29) is 11.4 Å². The standard InChI is InChI=1S/C24H20F3N5O2/c1-15-6-8-17(9-7-15)14-31-21(10-11-28-31)29-23(34)22-20(33)12-16(2)32(30-22)19-5-3-4-18(13-19)24(25,26)27/h3-13H,14H2,1-2H3,(H,29,34). The van der Waals surface area contributed by atoms with Crippen molar-refractivity contribution in [1.29, 1.82) is 0 Å². The highest BCUT2D eigenvalue weighted by Crippen LogP contribution is 2.30. The third-order valence-electron chi connectivity index (χ3n) is 5.15. The van der Waals surface area contributed by atoms with Crippen molar-refractivity contribution in [2.24, 2.45) is 0 Å². The Balaban J connectivity index is 1.63. The maximum Gasteiger partial charge on any atom is 0.416 e. The lowest BCUT2D eigenvalue weighted by Gasteiger charge is -2.14. The van der Waals surface area contributed by atoms with E-state index in [0.29, 0.717) is 12.4 Å². The minimum Gasteiger partial charge on any atom is -0.305 e. The molecule has 1 N–H and O–H groups in total. The Bertz CT molecular complexity index is 1410. The first kappa shape index (κ1) is 23.0. The van der Waals surface area contributed by atoms with Gasteiger partial charge in [0.2, 0.25) is 5.43 Å². The van der Waals surface area contributed by atoms with Gasteiger partial charge in [0.15, 0.2) is 5.69 Å². The minimum atomic E-state index is -4.54. The predicted octanol–water partition coefficient (Wildman–Crippen LogP) is 4.37. The highest BCUT2D eigenvalue weighted by molar-refractivity contribution is 6.02. The number of carbonyl (C=O) groups excluding carboxylic acids is 1. The lowest BCUT2D eigenvalue weighted by atomic mass is 10.1. The Kier molecular flexibility index (Phi) is 6.06. The quantitative estimate of drug-likeness (QED) is 0.473. The summed E-state index contributed by atoms with van der Waals surface area (Å²) in [6, 6.07) is 15.0. The van der Waals surface area contributed by atoms with Gasteiger partial charge in [-0.15, -0.1) is 0 Å². The molecule has 2 heterocycles. The van der Waals surface area contributed by atoms with Gasteiger partial charge in [0.25, 0.3) is 5.91 Å². The number of aromatic nitrogens is 4. The number of halogens is 3. The van der Waals surface area contributed by atoms with Crippen LogP contribution in [-0.2, 0) is 12.7 Å². The third-order valence-corrected chi connectivity index (χ3v) is 5.15. The van der Waals surface area contributed by atoms with E-state index >= 15 is 0 Å². The van der Waals surface area contributed by atoms with Crippen LogP contribution in [0.15, 0.2) is 71.7 Å². The number of anilines is 1. The number of alkyl halides is 3. The number of hydrogen-bond acceptors (Lipinski definition) is 4. The van der Waals surface area contributed by atoms with Crippen LogP contribution in [0, 0.1) is 13.8 Å². The molecule has 174 valence electrons. The molecule has 2 aromatic heterocycles. The Morgan fingerprint density at radius 1 is 1.03 bits per heavy atom. The molecule has 0 aliphatic carbocycles. The van der Waals surface area contributed by atoms with Gasteiger partial charge < -0.3 is 5.32 Å². The van der Waals surface area contributed by atoms with Gasteiger partial charge in [-0.05, 0) is 37.6 Å². The lowest BCUT2D eigenvalue weighted by Crippen LogP contribution is -2.27. The topological polar surface area (TPSA) is 81.8 Å². The highest BCUT2D eigenvalue weighted by Gasteiger charge is 2.30. The van der Waals surface area contributed by atoms with Gasteiger partial charge >= 0.3 is 6.18 Å². The number of benzene rings is 2. The Morgan fingerprint density at radius 3 is 2.47 bits per heavy atom. The summed E-state index contributed by atoms with van der Waals surface area (Å²) in [5.41, 5.74) is 0.464. The Hall–Kier alpha value is -4.21. The SMILES string of the molecule is Cc1ccc(Cn2nccc2NC(=O)c2nn(-c3cccc(C(F)(F)F)c3)c(C)cc2=O)cc1. The molecule has 0 spiro atoms. The second-order valence-electron chi connectivity index (χ2n) is 7.77. The number of carbonyl (C=O) groups is 1. The average Bonchev–Trinajstić information content (AvgIpc) is 3.21. The maximum absolute atomic E-state index is 13.1. The van der Waals surface area contributed by atoms with Crippen LogP contribution in [0.1, 0.15) is 32.9 Å². The second kappa shape index (κ2) is 8.97. The number of rotatable bonds is 5. The van der Waals surface area contributed by atoms with Crippen molar-refractivity contribution >= 4 is 11.7 Å². The summed E-state index contributed by atoms with van der Waals surface area (Å²) in [6.45, 7) is 3.88. The third kappa shape index (κ3) is 4.90. The van der Waals surface area contributed by atoms with Crippen molar-refractivity contribution in [3.05, 3.63) is 105 Å². The molecule has 0 unspecified atom stereocenters. The molecule has 7 nitrogen and oxygen atoms in total. The minimum absolute atomic E-state index is 0.0748. The number of nitrogens with zero attached hydrogens (tertiary/aromatic N) is 4. The molecular formula is C24H20F3N5O2. The molecule has 1 amide bonds. The van der Waals surface area contributed by atoms with Crippen LogP contribution in [0.2, 0.25) is 0 Å². The maximum atomic E-state index is 13.1. The van der Waals surface area contributed by atoms with Crippen LogP contribution in [0.5, 0.6) is 0 Å². The largest absolute Gasteiger partial charge is 0.416 e. The number of hydrogen-bond donors (Lipinski definition) is 1. The van der Waals surface area contributed by atoms with Gasteiger partial charge in [-0.2, -0.15) is 23.4 Å². The molecule has 34 heavy (non-hydrogen) atoms. The normalized spacial score (nSPS) is 11.4. The molecule has 0 aliphatic rings. The fraction of sp³-hybridized carbons (Fsp3) is 0.167. The molecular weight excluding hydrogens is 447 g/mol. The van der Waals surface area contributed by atoms with Crippen molar-refractivity contribution in [3.8, 4) is 5.69 Å². The molecule has 2 aromatic carbocycles. The van der Waals surface area contributed by atoms with Gasteiger partial charge in [-0.1, -0.05) is 35.9 Å². The summed E-state index contributed by atoms with van der Waals surface area (Å²) in [5.74, 6) is -0.450. The molecule has 0 fully saturated rings. The lowest BCUT2D eigenvalue weighted by molar-refractivity contribution is -0.137. The van der Waals surface area contributed by atoms with E-state index in [1.807, 2.05) is 31.2 Å². The highest BCUT2D eigenvalue weighted by atomic mass is 19.4. The average molecular weight is 467 g/mol. The van der Waals surface area contributed by atoms with Crippen LogP contribution in [-0.4, -0.2) is 25.5 Å². The molecule has 0 atom stereocenters. The molecule has 0 radical (unpaired) electrons. The van der Waals surface area contributed by atoms with Gasteiger partial charge in [0.05, 0.1) is 24.0 Å². The molecule has 0 saturated carbocycles. The Labute approximate surface area is 192 Å². The van der Waals surface area contributed by atoms with Crippen LogP contribution in [0.25, 0.3) is 5.69 Å². The van der Waals surface area contributed by atoms with Crippen LogP contribution < -0.4 is 10.7 Å². The molecule has 4 aromatic rings. The van der Waals surface area contributed by atoms with Gasteiger partial charge in [0.1, 0.15) is 5.82 Å². The van der Waals surface area contributed by atoms with Crippen molar-refractivity contribution in [3.63, 3.8) is 0 Å². The fourth-order valence-corrected chi connectivity index (χ4v) is 3.39. The first-order valence-corrected chi connectivity index (χ1v) is 10.3.